The van der Waals surface area contributed by atoms with Gasteiger partial charge in [0.1, 0.15) is 5.69 Å². The van der Waals surface area contributed by atoms with Crippen LogP contribution in [-0.4, -0.2) is 15.0 Å². The number of aromatic nitrogens is 3. The fourth-order valence-corrected chi connectivity index (χ4v) is 1.49. The zero-order valence-electron chi connectivity index (χ0n) is 8.45. The Bertz CT molecular complexity index is 569. The minimum Gasteiger partial charge on any atom is -0.472 e. The lowest BCUT2D eigenvalue weighted by Crippen LogP contribution is -1.97. The van der Waals surface area contributed by atoms with Crippen molar-refractivity contribution in [3.05, 3.63) is 55.1 Å². The Hall–Kier alpha value is -2.36. The molecule has 3 aromatic rings. The van der Waals surface area contributed by atoms with Gasteiger partial charge in [0, 0.05) is 5.56 Å². The smallest absolute Gasteiger partial charge is 0.116 e. The first-order chi connectivity index (χ1) is 7.93. The molecule has 0 saturated heterocycles. The third-order valence-electron chi connectivity index (χ3n) is 2.30. The summed E-state index contributed by atoms with van der Waals surface area (Å²) in [5.74, 6) is 0. The van der Waals surface area contributed by atoms with E-state index in [4.69, 9.17) is 4.42 Å². The van der Waals surface area contributed by atoms with E-state index < -0.39 is 0 Å². The number of rotatable bonds is 2. The van der Waals surface area contributed by atoms with Gasteiger partial charge in [0.25, 0.3) is 0 Å². The Balaban J connectivity index is 2.00. The van der Waals surface area contributed by atoms with Crippen molar-refractivity contribution in [2.24, 2.45) is 0 Å². The molecule has 0 bridgehead atoms. The minimum absolute atomic E-state index is 0.803. The molecule has 4 heteroatoms. The van der Waals surface area contributed by atoms with Crippen LogP contribution >= 0.6 is 0 Å². The maximum atomic E-state index is 5.01. The molecule has 2 aromatic heterocycles. The predicted octanol–water partition coefficient (Wildman–Crippen LogP) is 2.53. The molecule has 0 unspecified atom stereocenters. The van der Waals surface area contributed by atoms with Gasteiger partial charge in [-0.05, 0) is 18.2 Å². The van der Waals surface area contributed by atoms with Gasteiger partial charge in [-0.3, -0.25) is 0 Å². The Kier molecular flexibility index (Phi) is 2.04. The van der Waals surface area contributed by atoms with Crippen LogP contribution in [0.2, 0.25) is 0 Å². The van der Waals surface area contributed by atoms with Crippen LogP contribution in [0.5, 0.6) is 0 Å². The zero-order chi connectivity index (χ0) is 10.8. The maximum absolute atomic E-state index is 5.01. The average Bonchev–Trinajstić information content (AvgIpc) is 3.01. The van der Waals surface area contributed by atoms with Crippen LogP contribution in [0, 0.1) is 0 Å². The van der Waals surface area contributed by atoms with Crippen molar-refractivity contribution in [1.82, 2.24) is 15.0 Å². The average molecular weight is 211 g/mol. The molecule has 0 amide bonds. The highest BCUT2D eigenvalue weighted by Crippen LogP contribution is 2.16. The van der Waals surface area contributed by atoms with E-state index in [2.05, 4.69) is 10.2 Å². The van der Waals surface area contributed by atoms with Crippen molar-refractivity contribution in [2.75, 3.05) is 0 Å². The summed E-state index contributed by atoms with van der Waals surface area (Å²) < 4.78 is 5.01. The highest BCUT2D eigenvalue weighted by molar-refractivity contribution is 5.55. The second-order valence-corrected chi connectivity index (χ2v) is 3.37. The van der Waals surface area contributed by atoms with E-state index >= 15 is 0 Å². The first kappa shape index (κ1) is 8.91. The standard InChI is InChI=1S/C12H9N3O/c1-2-4-11(5-3-1)15-13-8-12(14-15)10-6-7-16-9-10/h1-9H. The summed E-state index contributed by atoms with van der Waals surface area (Å²) in [5, 5.41) is 8.57. The van der Waals surface area contributed by atoms with Gasteiger partial charge in [0.2, 0.25) is 0 Å². The van der Waals surface area contributed by atoms with Gasteiger partial charge in [0.15, 0.2) is 0 Å². The lowest BCUT2D eigenvalue weighted by molar-refractivity contribution is 0.568. The normalized spacial score (nSPS) is 10.5. The lowest BCUT2D eigenvalue weighted by Gasteiger charge is -1.96. The summed E-state index contributed by atoms with van der Waals surface area (Å²) in [7, 11) is 0. The maximum Gasteiger partial charge on any atom is 0.116 e. The monoisotopic (exact) mass is 211 g/mol. The van der Waals surface area contributed by atoms with Gasteiger partial charge in [-0.15, -0.1) is 5.10 Å². The molecular weight excluding hydrogens is 202 g/mol. The summed E-state index contributed by atoms with van der Waals surface area (Å²) in [4.78, 5) is 1.60. The van der Waals surface area contributed by atoms with Gasteiger partial charge >= 0.3 is 0 Å². The summed E-state index contributed by atoms with van der Waals surface area (Å²) in [6.45, 7) is 0. The molecule has 0 spiro atoms. The highest BCUT2D eigenvalue weighted by atomic mass is 16.3. The summed E-state index contributed by atoms with van der Waals surface area (Å²) in [6, 6.07) is 11.6. The zero-order valence-corrected chi connectivity index (χ0v) is 8.45. The van der Waals surface area contributed by atoms with Crippen LogP contribution in [0.4, 0.5) is 0 Å². The first-order valence-corrected chi connectivity index (χ1v) is 4.94. The number of para-hydroxylation sites is 1. The molecule has 0 aliphatic rings. The molecule has 3 rings (SSSR count). The summed E-state index contributed by atoms with van der Waals surface area (Å²) in [6.07, 6.45) is 4.99. The number of hydrogen-bond donors (Lipinski definition) is 0. The third kappa shape index (κ3) is 1.50. The fraction of sp³-hybridized carbons (Fsp3) is 0. The quantitative estimate of drug-likeness (QED) is 0.654. The van der Waals surface area contributed by atoms with Gasteiger partial charge in [-0.1, -0.05) is 18.2 Å². The van der Waals surface area contributed by atoms with Crippen molar-refractivity contribution in [3.8, 4) is 16.9 Å². The van der Waals surface area contributed by atoms with E-state index in [1.54, 1.807) is 23.5 Å². The molecule has 2 heterocycles. The van der Waals surface area contributed by atoms with Crippen LogP contribution in [0.25, 0.3) is 16.9 Å². The van der Waals surface area contributed by atoms with E-state index in [0.29, 0.717) is 0 Å². The Morgan fingerprint density at radius 3 is 2.69 bits per heavy atom. The van der Waals surface area contributed by atoms with Gasteiger partial charge < -0.3 is 4.42 Å². The first-order valence-electron chi connectivity index (χ1n) is 4.94. The van der Waals surface area contributed by atoms with Crippen molar-refractivity contribution >= 4 is 0 Å². The molecule has 0 N–H and O–H groups in total. The largest absolute Gasteiger partial charge is 0.472 e. The Morgan fingerprint density at radius 2 is 1.94 bits per heavy atom. The topological polar surface area (TPSA) is 43.9 Å². The molecule has 0 fully saturated rings. The second-order valence-electron chi connectivity index (χ2n) is 3.37. The van der Waals surface area contributed by atoms with Crippen molar-refractivity contribution < 1.29 is 4.42 Å². The molecular formula is C12H9N3O. The number of hydrogen-bond acceptors (Lipinski definition) is 3. The third-order valence-corrected chi connectivity index (χ3v) is 2.30. The van der Waals surface area contributed by atoms with Crippen LogP contribution in [0.3, 0.4) is 0 Å². The van der Waals surface area contributed by atoms with Crippen LogP contribution < -0.4 is 0 Å². The Morgan fingerprint density at radius 1 is 1.06 bits per heavy atom. The van der Waals surface area contributed by atoms with E-state index in [9.17, 15) is 0 Å². The highest BCUT2D eigenvalue weighted by Gasteiger charge is 2.05. The van der Waals surface area contributed by atoms with Crippen LogP contribution in [0.15, 0.2) is 59.5 Å². The second kappa shape index (κ2) is 3.66. The number of nitrogens with zero attached hydrogens (tertiary/aromatic N) is 3. The van der Waals surface area contributed by atoms with Gasteiger partial charge in [-0.25, -0.2) is 0 Å². The molecule has 4 nitrogen and oxygen atoms in total. The Labute approximate surface area is 92.1 Å². The summed E-state index contributed by atoms with van der Waals surface area (Å²) >= 11 is 0. The molecule has 0 saturated carbocycles. The number of furan rings is 1. The lowest BCUT2D eigenvalue weighted by atomic mass is 10.3. The van der Waals surface area contributed by atoms with E-state index in [1.807, 2.05) is 36.4 Å². The molecule has 16 heavy (non-hydrogen) atoms. The molecule has 1 aromatic carbocycles. The van der Waals surface area contributed by atoms with Crippen molar-refractivity contribution in [1.29, 1.82) is 0 Å². The minimum atomic E-state index is 0.803. The number of benzene rings is 1. The van der Waals surface area contributed by atoms with E-state index in [0.717, 1.165) is 16.9 Å². The van der Waals surface area contributed by atoms with Gasteiger partial charge in [-0.2, -0.15) is 9.90 Å². The molecule has 0 aliphatic carbocycles. The van der Waals surface area contributed by atoms with Crippen LogP contribution in [-0.2, 0) is 0 Å². The molecule has 0 atom stereocenters. The fourth-order valence-electron chi connectivity index (χ4n) is 1.49. The molecule has 0 aliphatic heterocycles. The summed E-state index contributed by atoms with van der Waals surface area (Å²) in [5.41, 5.74) is 2.68. The predicted molar refractivity (Wildman–Crippen MR) is 59.1 cm³/mol. The van der Waals surface area contributed by atoms with Crippen molar-refractivity contribution in [3.63, 3.8) is 0 Å². The van der Waals surface area contributed by atoms with Gasteiger partial charge in [0.05, 0.1) is 24.4 Å². The molecule has 0 radical (unpaired) electrons. The SMILES string of the molecule is c1ccc(-n2ncc(-c3ccoc3)n2)cc1. The van der Waals surface area contributed by atoms with E-state index in [1.165, 1.54) is 0 Å². The van der Waals surface area contributed by atoms with Crippen molar-refractivity contribution in [2.45, 2.75) is 0 Å². The van der Waals surface area contributed by atoms with Crippen LogP contribution in [0.1, 0.15) is 0 Å². The molecule has 78 valence electrons. The van der Waals surface area contributed by atoms with E-state index in [-0.39, 0.29) is 0 Å².